The van der Waals surface area contributed by atoms with Crippen molar-refractivity contribution in [2.24, 2.45) is 10.7 Å². The summed E-state index contributed by atoms with van der Waals surface area (Å²) in [4.78, 5) is 9.41. The van der Waals surface area contributed by atoms with E-state index in [2.05, 4.69) is 51.4 Å². The standard InChI is InChI=1S/C24H35N5O.HI/c1-19(2)30-23-11-9-22(10-12-23)27-24(25)26-17-20-5-7-21(8-6-20)18-29-14-4-13-28(3)15-16-29;/h5-12,19H,4,13-18H2,1-3H3,(H3,25,26,27);1H. The van der Waals surface area contributed by atoms with Crippen LogP contribution in [-0.4, -0.2) is 55.1 Å². The maximum atomic E-state index is 6.05. The molecule has 1 aliphatic heterocycles. The van der Waals surface area contributed by atoms with Crippen molar-refractivity contribution >= 4 is 35.6 Å². The maximum absolute atomic E-state index is 6.05. The number of likely N-dealkylation sites (N-methyl/N-ethyl adjacent to an activating group) is 1. The van der Waals surface area contributed by atoms with Crippen molar-refractivity contribution in [3.8, 4) is 5.75 Å². The first kappa shape index (κ1) is 25.4. The largest absolute Gasteiger partial charge is 0.491 e. The van der Waals surface area contributed by atoms with Gasteiger partial charge in [0.05, 0.1) is 12.6 Å². The van der Waals surface area contributed by atoms with E-state index in [0.717, 1.165) is 36.6 Å². The second-order valence-electron chi connectivity index (χ2n) is 8.27. The zero-order chi connectivity index (χ0) is 21.3. The average Bonchev–Trinajstić information content (AvgIpc) is 2.93. The Kier molecular flexibility index (Phi) is 10.6. The average molecular weight is 537 g/mol. The summed E-state index contributed by atoms with van der Waals surface area (Å²) >= 11 is 0. The molecule has 0 aromatic heterocycles. The Labute approximate surface area is 203 Å². The number of benzene rings is 2. The molecule has 2 aromatic carbocycles. The van der Waals surface area contributed by atoms with Gasteiger partial charge in [-0.25, -0.2) is 4.99 Å². The Hall–Kier alpha value is -1.84. The van der Waals surface area contributed by atoms with Crippen molar-refractivity contribution in [3.05, 3.63) is 59.7 Å². The first-order chi connectivity index (χ1) is 14.5. The number of nitrogens with one attached hydrogen (secondary N) is 1. The molecule has 1 fully saturated rings. The van der Waals surface area contributed by atoms with Crippen molar-refractivity contribution in [3.63, 3.8) is 0 Å². The van der Waals surface area contributed by atoms with Crippen molar-refractivity contribution < 1.29 is 4.74 Å². The molecule has 3 rings (SSSR count). The van der Waals surface area contributed by atoms with E-state index in [1.54, 1.807) is 0 Å². The number of halogens is 1. The van der Waals surface area contributed by atoms with Crippen LogP contribution in [0.25, 0.3) is 0 Å². The SMILES string of the molecule is CC(C)Oc1ccc(NC(N)=NCc2ccc(CN3CCCN(C)CC3)cc2)cc1.I. The van der Waals surface area contributed by atoms with Gasteiger partial charge in [-0.15, -0.1) is 24.0 Å². The molecule has 0 aliphatic carbocycles. The van der Waals surface area contributed by atoms with Crippen LogP contribution in [0.15, 0.2) is 53.5 Å². The van der Waals surface area contributed by atoms with E-state index in [-0.39, 0.29) is 30.1 Å². The topological polar surface area (TPSA) is 66.1 Å². The van der Waals surface area contributed by atoms with E-state index in [9.17, 15) is 0 Å². The fraction of sp³-hybridized carbons (Fsp3) is 0.458. The predicted molar refractivity (Wildman–Crippen MR) is 140 cm³/mol. The number of hydrogen-bond acceptors (Lipinski definition) is 4. The maximum Gasteiger partial charge on any atom is 0.193 e. The van der Waals surface area contributed by atoms with Crippen molar-refractivity contribution in [1.29, 1.82) is 0 Å². The molecule has 1 saturated heterocycles. The third kappa shape index (κ3) is 9.04. The highest BCUT2D eigenvalue weighted by molar-refractivity contribution is 14.0. The Morgan fingerprint density at radius 1 is 1.00 bits per heavy atom. The molecule has 0 radical (unpaired) electrons. The lowest BCUT2D eigenvalue weighted by atomic mass is 10.1. The zero-order valence-corrected chi connectivity index (χ0v) is 21.2. The molecule has 0 bridgehead atoms. The van der Waals surface area contributed by atoms with Crippen LogP contribution in [0.5, 0.6) is 5.75 Å². The smallest absolute Gasteiger partial charge is 0.193 e. The molecule has 1 heterocycles. The van der Waals surface area contributed by atoms with Gasteiger partial charge in [0.15, 0.2) is 5.96 Å². The van der Waals surface area contributed by atoms with Crippen molar-refractivity contribution in [1.82, 2.24) is 9.80 Å². The number of nitrogens with zero attached hydrogens (tertiary/aromatic N) is 3. The van der Waals surface area contributed by atoms with Crippen molar-refractivity contribution in [2.45, 2.75) is 39.5 Å². The van der Waals surface area contributed by atoms with E-state index >= 15 is 0 Å². The van der Waals surface area contributed by atoms with Crippen LogP contribution in [-0.2, 0) is 13.1 Å². The van der Waals surface area contributed by atoms with Crippen LogP contribution >= 0.6 is 24.0 Å². The van der Waals surface area contributed by atoms with Crippen LogP contribution < -0.4 is 15.8 Å². The van der Waals surface area contributed by atoms with Gasteiger partial charge in [0, 0.05) is 25.3 Å². The predicted octanol–water partition coefficient (Wildman–Crippen LogP) is 4.16. The third-order valence-corrected chi connectivity index (χ3v) is 5.17. The summed E-state index contributed by atoms with van der Waals surface area (Å²) in [5.41, 5.74) is 9.44. The third-order valence-electron chi connectivity index (χ3n) is 5.17. The van der Waals surface area contributed by atoms with Crippen LogP contribution in [0.4, 0.5) is 5.69 Å². The highest BCUT2D eigenvalue weighted by Gasteiger charge is 2.12. The molecule has 0 amide bonds. The van der Waals surface area contributed by atoms with Gasteiger partial charge in [0.1, 0.15) is 5.75 Å². The summed E-state index contributed by atoms with van der Waals surface area (Å²) in [5, 5.41) is 3.13. The summed E-state index contributed by atoms with van der Waals surface area (Å²) in [6.07, 6.45) is 1.40. The molecule has 31 heavy (non-hydrogen) atoms. The Morgan fingerprint density at radius 2 is 1.68 bits per heavy atom. The number of anilines is 1. The summed E-state index contributed by atoms with van der Waals surface area (Å²) in [5.74, 6) is 1.25. The highest BCUT2D eigenvalue weighted by Crippen LogP contribution is 2.17. The van der Waals surface area contributed by atoms with E-state index in [4.69, 9.17) is 10.5 Å². The monoisotopic (exact) mass is 537 g/mol. The van der Waals surface area contributed by atoms with Crippen LogP contribution in [0.2, 0.25) is 0 Å². The Balaban J connectivity index is 0.00000341. The molecule has 6 nitrogen and oxygen atoms in total. The number of hydrogen-bond donors (Lipinski definition) is 2. The number of nitrogens with two attached hydrogens (primary N) is 1. The molecular weight excluding hydrogens is 501 g/mol. The van der Waals surface area contributed by atoms with Gasteiger partial charge in [0.2, 0.25) is 0 Å². The van der Waals surface area contributed by atoms with Crippen LogP contribution in [0, 0.1) is 0 Å². The van der Waals surface area contributed by atoms with Gasteiger partial charge in [0.25, 0.3) is 0 Å². The van der Waals surface area contributed by atoms with Gasteiger partial charge in [-0.05, 0) is 75.8 Å². The summed E-state index contributed by atoms with van der Waals surface area (Å²) in [6.45, 7) is 10.2. The van der Waals surface area contributed by atoms with Crippen molar-refractivity contribution in [2.75, 3.05) is 38.5 Å². The lowest BCUT2D eigenvalue weighted by molar-refractivity contribution is 0.242. The Morgan fingerprint density at radius 3 is 2.35 bits per heavy atom. The second-order valence-corrected chi connectivity index (χ2v) is 8.27. The van der Waals surface area contributed by atoms with E-state index in [0.29, 0.717) is 12.5 Å². The second kappa shape index (κ2) is 12.9. The minimum atomic E-state index is 0. The highest BCUT2D eigenvalue weighted by atomic mass is 127. The molecule has 0 unspecified atom stereocenters. The minimum Gasteiger partial charge on any atom is -0.491 e. The molecule has 0 saturated carbocycles. The first-order valence-corrected chi connectivity index (χ1v) is 10.8. The molecule has 7 heteroatoms. The lowest BCUT2D eigenvalue weighted by Crippen LogP contribution is -2.28. The Bertz CT molecular complexity index is 808. The van der Waals surface area contributed by atoms with Gasteiger partial charge in [-0.3, -0.25) is 4.90 Å². The van der Waals surface area contributed by atoms with Crippen LogP contribution in [0.3, 0.4) is 0 Å². The van der Waals surface area contributed by atoms with Gasteiger partial charge >= 0.3 is 0 Å². The van der Waals surface area contributed by atoms with Crippen LogP contribution in [0.1, 0.15) is 31.4 Å². The number of guanidine groups is 1. The summed E-state index contributed by atoms with van der Waals surface area (Å²) < 4.78 is 5.65. The molecule has 0 spiro atoms. The van der Waals surface area contributed by atoms with E-state index in [1.165, 1.54) is 25.1 Å². The quantitative estimate of drug-likeness (QED) is 0.316. The fourth-order valence-electron chi connectivity index (χ4n) is 3.52. The van der Waals surface area contributed by atoms with Gasteiger partial charge in [-0.2, -0.15) is 0 Å². The fourth-order valence-corrected chi connectivity index (χ4v) is 3.52. The molecule has 1 aliphatic rings. The van der Waals surface area contributed by atoms with Gasteiger partial charge < -0.3 is 20.7 Å². The summed E-state index contributed by atoms with van der Waals surface area (Å²) in [7, 11) is 2.20. The lowest BCUT2D eigenvalue weighted by Gasteiger charge is -2.20. The van der Waals surface area contributed by atoms with Gasteiger partial charge in [-0.1, -0.05) is 24.3 Å². The molecular formula is C24H36IN5O. The molecule has 170 valence electrons. The van der Waals surface area contributed by atoms with E-state index in [1.807, 2.05) is 38.1 Å². The normalized spacial score (nSPS) is 15.9. The first-order valence-electron chi connectivity index (χ1n) is 10.8. The molecule has 2 aromatic rings. The van der Waals surface area contributed by atoms with E-state index < -0.39 is 0 Å². The molecule has 3 N–H and O–H groups in total. The summed E-state index contributed by atoms with van der Waals surface area (Å²) in [6, 6.07) is 16.4. The number of rotatable bonds is 7. The zero-order valence-electron chi connectivity index (χ0n) is 18.9. The minimum absolute atomic E-state index is 0. The number of aliphatic imine (C=N–C) groups is 1. The molecule has 0 atom stereocenters. The number of ether oxygens (including phenoxy) is 1.